The van der Waals surface area contributed by atoms with Crippen molar-refractivity contribution in [3.05, 3.63) is 36.5 Å². The van der Waals surface area contributed by atoms with Crippen LogP contribution in [0.5, 0.6) is 0 Å². The van der Waals surface area contributed by atoms with Gasteiger partial charge in [0.1, 0.15) is 6.10 Å². The maximum atomic E-state index is 12.5. The molecule has 0 saturated carbocycles. The monoisotopic (exact) mass is 704 g/mol. The fourth-order valence-electron chi connectivity index (χ4n) is 6.53. The molecular weight excluding hydrogens is 618 g/mol. The summed E-state index contributed by atoms with van der Waals surface area (Å²) >= 11 is 0. The summed E-state index contributed by atoms with van der Waals surface area (Å²) in [6.45, 7) is 4.15. The van der Waals surface area contributed by atoms with E-state index in [1.165, 1.54) is 167 Å². The van der Waals surface area contributed by atoms with E-state index in [9.17, 15) is 20.1 Å². The van der Waals surface area contributed by atoms with Gasteiger partial charge < -0.3 is 20.6 Å². The van der Waals surface area contributed by atoms with Gasteiger partial charge in [-0.25, -0.2) is 0 Å². The lowest BCUT2D eigenvalue weighted by atomic mass is 10.0. The van der Waals surface area contributed by atoms with Crippen molar-refractivity contribution in [2.75, 3.05) is 6.61 Å². The molecule has 3 unspecified atom stereocenters. The third-order valence-electron chi connectivity index (χ3n) is 10.0. The highest BCUT2D eigenvalue weighted by Gasteiger charge is 2.22. The highest BCUT2D eigenvalue weighted by Crippen LogP contribution is 2.15. The molecule has 0 heterocycles. The van der Waals surface area contributed by atoms with Gasteiger partial charge in [0.15, 0.2) is 0 Å². The molecule has 0 spiro atoms. The Kier molecular flexibility index (Phi) is 39.2. The molecule has 0 aromatic carbocycles. The van der Waals surface area contributed by atoms with E-state index in [2.05, 4.69) is 43.5 Å². The summed E-state index contributed by atoms with van der Waals surface area (Å²) in [6, 6.07) is -0.799. The first-order chi connectivity index (χ1) is 24.6. The van der Waals surface area contributed by atoms with Crippen molar-refractivity contribution in [1.29, 1.82) is 0 Å². The number of hydrogen-bond donors (Lipinski definition) is 4. The summed E-state index contributed by atoms with van der Waals surface area (Å²) in [5.41, 5.74) is 0. The van der Waals surface area contributed by atoms with Crippen molar-refractivity contribution in [2.45, 2.75) is 238 Å². The second-order valence-electron chi connectivity index (χ2n) is 14.9. The van der Waals surface area contributed by atoms with Gasteiger partial charge in [0.25, 0.3) is 0 Å². The van der Waals surface area contributed by atoms with Crippen molar-refractivity contribution in [2.24, 2.45) is 0 Å². The molecular formula is C45H85NO4. The lowest BCUT2D eigenvalue weighted by molar-refractivity contribution is -0.131. The van der Waals surface area contributed by atoms with Crippen LogP contribution in [0.1, 0.15) is 219 Å². The molecule has 3 atom stereocenters. The zero-order chi connectivity index (χ0) is 36.6. The van der Waals surface area contributed by atoms with Gasteiger partial charge in [-0.1, -0.05) is 211 Å². The Morgan fingerprint density at radius 1 is 0.500 bits per heavy atom. The van der Waals surface area contributed by atoms with E-state index in [1.54, 1.807) is 6.08 Å². The lowest BCUT2D eigenvalue weighted by Gasteiger charge is -2.21. The Morgan fingerprint density at radius 3 is 1.26 bits per heavy atom. The summed E-state index contributed by atoms with van der Waals surface area (Å²) < 4.78 is 0. The van der Waals surface area contributed by atoms with E-state index in [0.717, 1.165) is 32.1 Å². The van der Waals surface area contributed by atoms with E-state index in [4.69, 9.17) is 0 Å². The summed E-state index contributed by atoms with van der Waals surface area (Å²) in [6.07, 6.45) is 50.2. The van der Waals surface area contributed by atoms with Gasteiger partial charge >= 0.3 is 0 Å². The van der Waals surface area contributed by atoms with Crippen molar-refractivity contribution >= 4 is 5.91 Å². The maximum Gasteiger partial charge on any atom is 0.249 e. The topological polar surface area (TPSA) is 89.8 Å². The number of unbranched alkanes of at least 4 members (excludes halogenated alkanes) is 28. The Labute approximate surface area is 311 Å². The van der Waals surface area contributed by atoms with Crippen LogP contribution < -0.4 is 5.32 Å². The summed E-state index contributed by atoms with van der Waals surface area (Å²) in [4.78, 5) is 12.5. The minimum Gasteiger partial charge on any atom is -0.394 e. The molecule has 0 saturated heterocycles. The molecule has 50 heavy (non-hydrogen) atoms. The highest BCUT2D eigenvalue weighted by atomic mass is 16.3. The van der Waals surface area contributed by atoms with Crippen LogP contribution in [0, 0.1) is 0 Å². The summed E-state index contributed by atoms with van der Waals surface area (Å²) in [5.74, 6) is -0.507. The Bertz CT molecular complexity index is 779. The van der Waals surface area contributed by atoms with Crippen LogP contribution in [0.3, 0.4) is 0 Å². The predicted octanol–water partition coefficient (Wildman–Crippen LogP) is 12.4. The molecule has 0 aromatic heterocycles. The van der Waals surface area contributed by atoms with E-state index in [0.29, 0.717) is 6.42 Å². The van der Waals surface area contributed by atoms with Crippen LogP contribution in [-0.2, 0) is 4.79 Å². The molecule has 0 fully saturated rings. The first-order valence-corrected chi connectivity index (χ1v) is 21.8. The third kappa shape index (κ3) is 35.0. The van der Waals surface area contributed by atoms with E-state index < -0.39 is 24.2 Å². The SMILES string of the molecule is CCCCC/C=C\C=C/CCCCCCCCCCCC(O)C(=O)NC(CO)C(O)/C=C/CCCCCCCCCCCCCCCCCC. The number of rotatable bonds is 39. The highest BCUT2D eigenvalue weighted by molar-refractivity contribution is 5.80. The molecule has 4 N–H and O–H groups in total. The van der Waals surface area contributed by atoms with Crippen LogP contribution in [0.25, 0.3) is 0 Å². The standard InChI is InChI=1S/C45H85NO4/c1-3-5-7-9-11-13-15-17-19-21-23-25-27-29-31-33-35-37-39-43(48)42(41-47)46-45(50)44(49)40-38-36-34-32-30-28-26-24-22-20-18-16-14-12-10-8-6-4-2/h12,14,16,18,37,39,42-44,47-49H,3-11,13,15,17,19-36,38,40-41H2,1-2H3,(H,46,50)/b14-12-,18-16-,39-37+. The molecule has 0 aromatic rings. The second kappa shape index (κ2) is 40.3. The van der Waals surface area contributed by atoms with Crippen molar-refractivity contribution in [3.63, 3.8) is 0 Å². The van der Waals surface area contributed by atoms with E-state index in [1.807, 2.05) is 6.08 Å². The first-order valence-electron chi connectivity index (χ1n) is 21.8. The van der Waals surface area contributed by atoms with Crippen LogP contribution in [0.2, 0.25) is 0 Å². The molecule has 294 valence electrons. The molecule has 0 aliphatic carbocycles. The largest absolute Gasteiger partial charge is 0.394 e. The average molecular weight is 704 g/mol. The van der Waals surface area contributed by atoms with Crippen LogP contribution in [0.4, 0.5) is 0 Å². The quantitative estimate of drug-likeness (QED) is 0.0291. The Balaban J connectivity index is 3.69. The first kappa shape index (κ1) is 48.6. The Morgan fingerprint density at radius 2 is 0.840 bits per heavy atom. The molecule has 0 bridgehead atoms. The normalized spacial score (nSPS) is 13.9. The summed E-state index contributed by atoms with van der Waals surface area (Å²) in [5, 5.41) is 33.1. The molecule has 0 aliphatic rings. The van der Waals surface area contributed by atoms with Gasteiger partial charge in [-0.15, -0.1) is 0 Å². The van der Waals surface area contributed by atoms with Crippen LogP contribution in [-0.4, -0.2) is 46.1 Å². The fourth-order valence-corrected chi connectivity index (χ4v) is 6.53. The minimum absolute atomic E-state index is 0.365. The zero-order valence-corrected chi connectivity index (χ0v) is 33.3. The second-order valence-corrected chi connectivity index (χ2v) is 14.9. The van der Waals surface area contributed by atoms with Crippen molar-refractivity contribution in [3.8, 4) is 0 Å². The van der Waals surface area contributed by atoms with Crippen LogP contribution in [0.15, 0.2) is 36.5 Å². The van der Waals surface area contributed by atoms with Crippen LogP contribution >= 0.6 is 0 Å². The zero-order valence-electron chi connectivity index (χ0n) is 33.3. The number of aliphatic hydroxyl groups excluding tert-OH is 3. The lowest BCUT2D eigenvalue weighted by Crippen LogP contribution is -2.48. The molecule has 0 aliphatic heterocycles. The molecule has 0 rings (SSSR count). The predicted molar refractivity (Wildman–Crippen MR) is 218 cm³/mol. The number of amides is 1. The number of nitrogens with one attached hydrogen (secondary N) is 1. The maximum absolute atomic E-state index is 12.5. The number of carbonyl (C=O) groups excluding carboxylic acids is 1. The van der Waals surface area contributed by atoms with Crippen molar-refractivity contribution < 1.29 is 20.1 Å². The van der Waals surface area contributed by atoms with Gasteiger partial charge in [0.05, 0.1) is 18.8 Å². The molecule has 1 amide bonds. The third-order valence-corrected chi connectivity index (χ3v) is 10.0. The van der Waals surface area contributed by atoms with Gasteiger partial charge in [0, 0.05) is 0 Å². The van der Waals surface area contributed by atoms with E-state index >= 15 is 0 Å². The van der Waals surface area contributed by atoms with Gasteiger partial charge in [-0.2, -0.15) is 0 Å². The number of aliphatic hydroxyl groups is 3. The summed E-state index contributed by atoms with van der Waals surface area (Å²) in [7, 11) is 0. The number of hydrogen-bond acceptors (Lipinski definition) is 4. The Hall–Kier alpha value is -1.43. The molecule has 5 nitrogen and oxygen atoms in total. The van der Waals surface area contributed by atoms with E-state index in [-0.39, 0.29) is 6.61 Å². The average Bonchev–Trinajstić information content (AvgIpc) is 3.12. The number of carbonyl (C=O) groups is 1. The van der Waals surface area contributed by atoms with Gasteiger partial charge in [-0.05, 0) is 44.9 Å². The van der Waals surface area contributed by atoms with Gasteiger partial charge in [-0.3, -0.25) is 4.79 Å². The molecule has 5 heteroatoms. The smallest absolute Gasteiger partial charge is 0.249 e. The number of allylic oxidation sites excluding steroid dienone is 5. The van der Waals surface area contributed by atoms with Crippen molar-refractivity contribution in [1.82, 2.24) is 5.32 Å². The minimum atomic E-state index is -1.10. The molecule has 0 radical (unpaired) electrons. The fraction of sp³-hybridized carbons (Fsp3) is 0.844. The van der Waals surface area contributed by atoms with Gasteiger partial charge in [0.2, 0.25) is 5.91 Å².